The Labute approximate surface area is 181 Å². The molecule has 7 nitrogen and oxygen atoms in total. The molecule has 1 unspecified atom stereocenters. The van der Waals surface area contributed by atoms with Crippen molar-refractivity contribution in [2.24, 2.45) is 0 Å². The second-order valence-electron chi connectivity index (χ2n) is 6.70. The summed E-state index contributed by atoms with van der Waals surface area (Å²) >= 11 is 0. The second-order valence-corrected chi connectivity index (χ2v) is 6.70. The van der Waals surface area contributed by atoms with Crippen LogP contribution in [0, 0.1) is 0 Å². The highest BCUT2D eigenvalue weighted by atomic mass is 16.7. The monoisotopic (exact) mass is 430 g/mol. The first kappa shape index (κ1) is 30.5. The van der Waals surface area contributed by atoms with Crippen LogP contribution in [0.3, 0.4) is 0 Å². The van der Waals surface area contributed by atoms with Gasteiger partial charge >= 0.3 is 0 Å². The van der Waals surface area contributed by atoms with Crippen LogP contribution in [-0.2, 0) is 9.47 Å². The maximum Gasteiger partial charge on any atom is 0.168 e. The topological polar surface area (TPSA) is 116 Å². The summed E-state index contributed by atoms with van der Waals surface area (Å²) in [5, 5.41) is 35.3. The fourth-order valence-electron chi connectivity index (χ4n) is 2.41. The van der Waals surface area contributed by atoms with Gasteiger partial charge in [-0.05, 0) is 39.3 Å². The van der Waals surface area contributed by atoms with E-state index in [1.165, 1.54) is 50.3 Å². The number of carbonyl (C=O) groups excluding carboxylic acids is 1. The van der Waals surface area contributed by atoms with Crippen LogP contribution < -0.4 is 0 Å². The Balaban J connectivity index is 0. The van der Waals surface area contributed by atoms with Gasteiger partial charge in [-0.25, -0.2) is 0 Å². The van der Waals surface area contributed by atoms with E-state index in [2.05, 4.69) is 6.92 Å². The van der Waals surface area contributed by atoms with Crippen molar-refractivity contribution in [2.45, 2.75) is 85.0 Å². The molecule has 0 spiro atoms. The van der Waals surface area contributed by atoms with Crippen molar-refractivity contribution in [3.05, 3.63) is 23.8 Å². The number of ether oxygens (including phenoxy) is 2. The molecule has 30 heavy (non-hydrogen) atoms. The quantitative estimate of drug-likeness (QED) is 0.158. The van der Waals surface area contributed by atoms with Crippen LogP contribution >= 0.6 is 0 Å². The number of aromatic hydroxyl groups is 2. The van der Waals surface area contributed by atoms with E-state index < -0.39 is 6.10 Å². The molecular weight excluding hydrogens is 388 g/mol. The van der Waals surface area contributed by atoms with Crippen molar-refractivity contribution < 1.29 is 34.7 Å². The minimum Gasteiger partial charge on any atom is -0.504 e. The third-order valence-electron chi connectivity index (χ3n) is 4.08. The smallest absolute Gasteiger partial charge is 0.168 e. The Bertz CT molecular complexity index is 502. The van der Waals surface area contributed by atoms with E-state index in [1.807, 2.05) is 20.8 Å². The predicted molar refractivity (Wildman–Crippen MR) is 119 cm³/mol. The molecule has 176 valence electrons. The largest absolute Gasteiger partial charge is 0.504 e. The number of hydrogen-bond donors (Lipinski definition) is 4. The number of benzene rings is 1. The highest BCUT2D eigenvalue weighted by Crippen LogP contribution is 2.26. The predicted octanol–water partition coefficient (Wildman–Crippen LogP) is 4.41. The van der Waals surface area contributed by atoms with E-state index in [1.54, 1.807) is 0 Å². The zero-order valence-electron chi connectivity index (χ0n) is 19.0. The van der Waals surface area contributed by atoms with Gasteiger partial charge in [0.1, 0.15) is 0 Å². The maximum atomic E-state index is 10.1. The number of carbonyl (C=O) groups is 1. The lowest BCUT2D eigenvalue weighted by molar-refractivity contribution is -0.123. The molecule has 1 rings (SSSR count). The van der Waals surface area contributed by atoms with Gasteiger partial charge in [0.05, 0.1) is 18.3 Å². The third-order valence-corrected chi connectivity index (χ3v) is 4.08. The minimum absolute atomic E-state index is 0.0370. The average Bonchev–Trinajstić information content (AvgIpc) is 2.73. The lowest BCUT2D eigenvalue weighted by Gasteiger charge is -2.09. The number of aliphatic hydroxyl groups excluding tert-OH is 2. The fourth-order valence-corrected chi connectivity index (χ4v) is 2.41. The number of rotatable bonds is 13. The van der Waals surface area contributed by atoms with Crippen LogP contribution in [0.2, 0.25) is 0 Å². The molecule has 0 amide bonds. The minimum atomic E-state index is -0.490. The van der Waals surface area contributed by atoms with E-state index in [4.69, 9.17) is 29.9 Å². The number of hydrogen-bond acceptors (Lipinski definition) is 7. The summed E-state index contributed by atoms with van der Waals surface area (Å²) in [6.07, 6.45) is 8.13. The van der Waals surface area contributed by atoms with Crippen molar-refractivity contribution in [1.29, 1.82) is 0 Å². The summed E-state index contributed by atoms with van der Waals surface area (Å²) in [4.78, 5) is 10.1. The molecular formula is C23H42O7. The van der Waals surface area contributed by atoms with Crippen LogP contribution in [-0.4, -0.2) is 58.9 Å². The molecule has 1 aromatic rings. The number of phenols is 2. The van der Waals surface area contributed by atoms with Gasteiger partial charge in [-0.15, -0.1) is 0 Å². The first-order chi connectivity index (χ1) is 14.4. The second kappa shape index (κ2) is 22.0. The van der Waals surface area contributed by atoms with Crippen molar-refractivity contribution >= 4 is 6.29 Å². The van der Waals surface area contributed by atoms with Gasteiger partial charge in [-0.3, -0.25) is 4.79 Å². The molecule has 0 radical (unpaired) electrons. The van der Waals surface area contributed by atoms with Crippen LogP contribution in [0.1, 0.15) is 83.0 Å². The maximum absolute atomic E-state index is 10.1. The fraction of sp³-hybridized carbons (Fsp3) is 0.696. The van der Waals surface area contributed by atoms with Gasteiger partial charge in [0.25, 0.3) is 0 Å². The van der Waals surface area contributed by atoms with Crippen LogP contribution in [0.25, 0.3) is 0 Å². The lowest BCUT2D eigenvalue weighted by atomic mass is 10.1. The molecule has 1 aromatic carbocycles. The molecule has 0 aliphatic heterocycles. The van der Waals surface area contributed by atoms with E-state index in [0.29, 0.717) is 6.29 Å². The summed E-state index contributed by atoms with van der Waals surface area (Å²) < 4.78 is 10.1. The van der Waals surface area contributed by atoms with E-state index in [-0.39, 0.29) is 30.0 Å². The number of phenolic OH excluding ortho intramolecular Hbond substituents is 2. The van der Waals surface area contributed by atoms with Gasteiger partial charge < -0.3 is 29.9 Å². The van der Waals surface area contributed by atoms with Gasteiger partial charge in [0.15, 0.2) is 24.1 Å². The average molecular weight is 431 g/mol. The van der Waals surface area contributed by atoms with Crippen molar-refractivity contribution in [3.8, 4) is 11.5 Å². The molecule has 0 aromatic heterocycles. The molecule has 1 atom stereocenters. The summed E-state index contributed by atoms with van der Waals surface area (Å²) in [7, 11) is 0. The van der Waals surface area contributed by atoms with E-state index in [9.17, 15) is 4.79 Å². The molecule has 0 heterocycles. The standard InChI is InChI=1S/C10H22O2.C7H6O3.C6H14O2/c1-2-3-4-5-6-7-8-10(12)9-11;8-4-5-2-1-3-6(9)7(5)10;1-4-7-6(3)8-5-2/h10-12H,2-9H2,1H3;1-4,9-10H;6H,4-5H2,1-3H3. The van der Waals surface area contributed by atoms with Gasteiger partial charge in [-0.2, -0.15) is 0 Å². The number of aldehydes is 1. The molecule has 0 aliphatic rings. The molecule has 0 bridgehead atoms. The molecule has 0 saturated carbocycles. The van der Waals surface area contributed by atoms with Crippen LogP contribution in [0.5, 0.6) is 11.5 Å². The van der Waals surface area contributed by atoms with E-state index >= 15 is 0 Å². The summed E-state index contributed by atoms with van der Waals surface area (Å²) in [6.45, 7) is 9.37. The van der Waals surface area contributed by atoms with Gasteiger partial charge in [0.2, 0.25) is 0 Å². The first-order valence-corrected chi connectivity index (χ1v) is 10.9. The Hall–Kier alpha value is -1.67. The Kier molecular flexibility index (Phi) is 22.4. The van der Waals surface area contributed by atoms with Gasteiger partial charge in [-0.1, -0.05) is 51.5 Å². The zero-order chi connectivity index (χ0) is 23.2. The number of para-hydroxylation sites is 1. The first-order valence-electron chi connectivity index (χ1n) is 10.9. The molecule has 0 saturated heterocycles. The number of aliphatic hydroxyl groups is 2. The lowest BCUT2D eigenvalue weighted by Crippen LogP contribution is -2.11. The zero-order valence-corrected chi connectivity index (χ0v) is 19.0. The molecule has 0 aliphatic carbocycles. The SMILES string of the molecule is CCCCCCCCC(O)CO.CCOC(C)OCC.O=Cc1cccc(O)c1O. The van der Waals surface area contributed by atoms with Crippen molar-refractivity contribution in [3.63, 3.8) is 0 Å². The third kappa shape index (κ3) is 18.4. The Morgan fingerprint density at radius 1 is 0.967 bits per heavy atom. The Morgan fingerprint density at radius 3 is 2.00 bits per heavy atom. The molecule has 7 heteroatoms. The summed E-state index contributed by atoms with van der Waals surface area (Å²) in [5.41, 5.74) is 0.0972. The van der Waals surface area contributed by atoms with Crippen molar-refractivity contribution in [1.82, 2.24) is 0 Å². The van der Waals surface area contributed by atoms with Crippen LogP contribution in [0.15, 0.2) is 18.2 Å². The Morgan fingerprint density at radius 2 is 1.53 bits per heavy atom. The molecule has 4 N–H and O–H groups in total. The molecule has 0 fully saturated rings. The van der Waals surface area contributed by atoms with E-state index in [0.717, 1.165) is 26.1 Å². The van der Waals surface area contributed by atoms with Crippen molar-refractivity contribution in [2.75, 3.05) is 19.8 Å². The van der Waals surface area contributed by atoms with Gasteiger partial charge in [0, 0.05) is 13.2 Å². The normalized spacial score (nSPS) is 11.2. The highest BCUT2D eigenvalue weighted by Gasteiger charge is 2.02. The highest BCUT2D eigenvalue weighted by molar-refractivity contribution is 5.80. The summed E-state index contributed by atoms with van der Waals surface area (Å²) in [5.74, 6) is -0.637. The number of unbranched alkanes of at least 4 members (excludes halogenated alkanes) is 5. The summed E-state index contributed by atoms with van der Waals surface area (Å²) in [6, 6.07) is 4.21. The van der Waals surface area contributed by atoms with Crippen LogP contribution in [0.4, 0.5) is 0 Å².